The second kappa shape index (κ2) is 13.1. The first kappa shape index (κ1) is 25.0. The summed E-state index contributed by atoms with van der Waals surface area (Å²) in [5, 5.41) is 0. The number of carbonyl (C=O) groups is 2. The van der Waals surface area contributed by atoms with E-state index in [0.29, 0.717) is 19.6 Å². The molecule has 0 N–H and O–H groups in total. The standard InChI is InChI=1S/C30H32O4/c1-3-29(31)33-20-6-8-23-12-16-25(17-13-23)27-10-5-11-28(22-27)26-18-14-24(15-19-26)9-7-21-34-30(32)4-2/h3,5,10-19,22H,1,4,6-9,20-21H2,2H3. The molecular weight excluding hydrogens is 424 g/mol. The van der Waals surface area contributed by atoms with Crippen LogP contribution in [-0.2, 0) is 31.9 Å². The number of aryl methyl sites for hydroxylation is 2. The molecule has 34 heavy (non-hydrogen) atoms. The fourth-order valence-corrected chi connectivity index (χ4v) is 3.68. The summed E-state index contributed by atoms with van der Waals surface area (Å²) in [4.78, 5) is 22.3. The Labute approximate surface area is 202 Å². The molecule has 0 aliphatic heterocycles. The molecular formula is C30H32O4. The lowest BCUT2D eigenvalue weighted by molar-refractivity contribution is -0.143. The predicted molar refractivity (Wildman–Crippen MR) is 136 cm³/mol. The van der Waals surface area contributed by atoms with Crippen LogP contribution in [0.25, 0.3) is 22.3 Å². The molecule has 0 atom stereocenters. The van der Waals surface area contributed by atoms with Gasteiger partial charge in [-0.2, -0.15) is 0 Å². The van der Waals surface area contributed by atoms with Gasteiger partial charge in [0.15, 0.2) is 0 Å². The van der Waals surface area contributed by atoms with Crippen molar-refractivity contribution in [2.75, 3.05) is 13.2 Å². The van der Waals surface area contributed by atoms with Crippen molar-refractivity contribution in [2.24, 2.45) is 0 Å². The first-order valence-corrected chi connectivity index (χ1v) is 11.8. The molecule has 0 radical (unpaired) electrons. The molecule has 176 valence electrons. The Morgan fingerprint density at radius 2 is 1.24 bits per heavy atom. The van der Waals surface area contributed by atoms with Crippen molar-refractivity contribution < 1.29 is 19.1 Å². The zero-order valence-corrected chi connectivity index (χ0v) is 19.8. The first-order chi connectivity index (χ1) is 16.6. The summed E-state index contributed by atoms with van der Waals surface area (Å²) >= 11 is 0. The highest BCUT2D eigenvalue weighted by molar-refractivity contribution is 5.81. The summed E-state index contributed by atoms with van der Waals surface area (Å²) in [6.07, 6.45) is 4.97. The molecule has 0 fully saturated rings. The molecule has 0 aliphatic rings. The van der Waals surface area contributed by atoms with Crippen LogP contribution < -0.4 is 0 Å². The van der Waals surface area contributed by atoms with Gasteiger partial charge in [-0.25, -0.2) is 4.79 Å². The van der Waals surface area contributed by atoms with Crippen LogP contribution in [0.1, 0.15) is 37.3 Å². The van der Waals surface area contributed by atoms with Crippen molar-refractivity contribution in [1.82, 2.24) is 0 Å². The van der Waals surface area contributed by atoms with Gasteiger partial charge >= 0.3 is 11.9 Å². The normalized spacial score (nSPS) is 10.5. The van der Waals surface area contributed by atoms with E-state index in [2.05, 4.69) is 79.4 Å². The molecule has 0 amide bonds. The van der Waals surface area contributed by atoms with Gasteiger partial charge in [0.25, 0.3) is 0 Å². The van der Waals surface area contributed by atoms with Crippen LogP contribution in [0.4, 0.5) is 0 Å². The van der Waals surface area contributed by atoms with E-state index in [-0.39, 0.29) is 11.9 Å². The summed E-state index contributed by atoms with van der Waals surface area (Å²) in [5.74, 6) is -0.518. The fourth-order valence-electron chi connectivity index (χ4n) is 3.68. The number of benzene rings is 3. The maximum Gasteiger partial charge on any atom is 0.330 e. The minimum atomic E-state index is -0.375. The zero-order chi connectivity index (χ0) is 24.2. The maximum atomic E-state index is 11.2. The molecule has 4 nitrogen and oxygen atoms in total. The van der Waals surface area contributed by atoms with Crippen LogP contribution in [0.5, 0.6) is 0 Å². The molecule has 3 aromatic carbocycles. The molecule has 0 unspecified atom stereocenters. The predicted octanol–water partition coefficient (Wildman–Crippen LogP) is 6.57. The molecule has 0 heterocycles. The molecule has 0 spiro atoms. The average Bonchev–Trinajstić information content (AvgIpc) is 2.89. The molecule has 0 saturated carbocycles. The lowest BCUT2D eigenvalue weighted by Crippen LogP contribution is -2.04. The van der Waals surface area contributed by atoms with E-state index in [9.17, 15) is 9.59 Å². The Kier molecular flexibility index (Phi) is 9.65. The monoisotopic (exact) mass is 456 g/mol. The van der Waals surface area contributed by atoms with Gasteiger partial charge in [-0.05, 0) is 65.1 Å². The van der Waals surface area contributed by atoms with Crippen molar-refractivity contribution in [3.63, 3.8) is 0 Å². The van der Waals surface area contributed by atoms with E-state index in [1.54, 1.807) is 6.92 Å². The van der Waals surface area contributed by atoms with E-state index >= 15 is 0 Å². The Bertz CT molecular complexity index is 1080. The molecule has 3 rings (SSSR count). The third-order valence-electron chi connectivity index (χ3n) is 5.62. The third kappa shape index (κ3) is 7.73. The van der Waals surface area contributed by atoms with Crippen LogP contribution in [0, 0.1) is 0 Å². The van der Waals surface area contributed by atoms with Crippen molar-refractivity contribution in [3.8, 4) is 22.3 Å². The van der Waals surface area contributed by atoms with Gasteiger partial charge in [0, 0.05) is 12.5 Å². The van der Waals surface area contributed by atoms with Gasteiger partial charge in [-0.1, -0.05) is 80.2 Å². The number of esters is 2. The summed E-state index contributed by atoms with van der Waals surface area (Å²) in [6.45, 7) is 6.08. The molecule has 3 aromatic rings. The van der Waals surface area contributed by atoms with Crippen LogP contribution in [0.2, 0.25) is 0 Å². The zero-order valence-electron chi connectivity index (χ0n) is 19.8. The topological polar surface area (TPSA) is 52.6 Å². The quantitative estimate of drug-likeness (QED) is 0.176. The van der Waals surface area contributed by atoms with Crippen LogP contribution in [-0.4, -0.2) is 25.2 Å². The van der Waals surface area contributed by atoms with E-state index in [1.807, 2.05) is 0 Å². The summed E-state index contributed by atoms with van der Waals surface area (Å²) < 4.78 is 10.2. The van der Waals surface area contributed by atoms with E-state index < -0.39 is 0 Å². The van der Waals surface area contributed by atoms with Crippen LogP contribution >= 0.6 is 0 Å². The van der Waals surface area contributed by atoms with Crippen LogP contribution in [0.3, 0.4) is 0 Å². The second-order valence-electron chi connectivity index (χ2n) is 8.13. The minimum Gasteiger partial charge on any atom is -0.466 e. The lowest BCUT2D eigenvalue weighted by atomic mass is 9.97. The number of ether oxygens (including phenoxy) is 2. The SMILES string of the molecule is C=CC(=O)OCCCc1ccc(-c2cccc(-c3ccc(CCCOC(=O)CC)cc3)c2)cc1. The maximum absolute atomic E-state index is 11.2. The smallest absolute Gasteiger partial charge is 0.330 e. The van der Waals surface area contributed by atoms with Crippen molar-refractivity contribution in [3.05, 3.63) is 96.6 Å². The van der Waals surface area contributed by atoms with Gasteiger partial charge in [0.05, 0.1) is 13.2 Å². The number of rotatable bonds is 12. The molecule has 0 bridgehead atoms. The molecule has 0 aliphatic carbocycles. The Hall–Kier alpha value is -3.66. The second-order valence-corrected chi connectivity index (χ2v) is 8.13. The molecule has 0 aromatic heterocycles. The Balaban J connectivity index is 1.56. The highest BCUT2D eigenvalue weighted by Crippen LogP contribution is 2.27. The van der Waals surface area contributed by atoms with Gasteiger partial charge in [0.2, 0.25) is 0 Å². The summed E-state index contributed by atoms with van der Waals surface area (Å²) in [5.41, 5.74) is 7.15. The van der Waals surface area contributed by atoms with E-state index in [4.69, 9.17) is 9.47 Å². The lowest BCUT2D eigenvalue weighted by Gasteiger charge is -2.09. The molecule has 4 heteroatoms. The van der Waals surface area contributed by atoms with Crippen LogP contribution in [0.15, 0.2) is 85.5 Å². The fraction of sp³-hybridized carbons (Fsp3) is 0.267. The third-order valence-corrected chi connectivity index (χ3v) is 5.62. The first-order valence-electron chi connectivity index (χ1n) is 11.8. The number of hydrogen-bond donors (Lipinski definition) is 0. The largest absolute Gasteiger partial charge is 0.466 e. The van der Waals surface area contributed by atoms with Crippen molar-refractivity contribution in [2.45, 2.75) is 39.0 Å². The number of hydrogen-bond acceptors (Lipinski definition) is 4. The van der Waals surface area contributed by atoms with Gasteiger partial charge < -0.3 is 9.47 Å². The van der Waals surface area contributed by atoms with Gasteiger partial charge in [-0.3, -0.25) is 4.79 Å². The Morgan fingerprint density at radius 1 is 0.735 bits per heavy atom. The van der Waals surface area contributed by atoms with Gasteiger partial charge in [-0.15, -0.1) is 0 Å². The van der Waals surface area contributed by atoms with Crippen molar-refractivity contribution in [1.29, 1.82) is 0 Å². The summed E-state index contributed by atoms with van der Waals surface area (Å²) in [6, 6.07) is 25.7. The number of carbonyl (C=O) groups excluding carboxylic acids is 2. The molecule has 0 saturated heterocycles. The highest BCUT2D eigenvalue weighted by Gasteiger charge is 2.04. The van der Waals surface area contributed by atoms with Crippen molar-refractivity contribution >= 4 is 11.9 Å². The average molecular weight is 457 g/mol. The minimum absolute atomic E-state index is 0.142. The highest BCUT2D eigenvalue weighted by atomic mass is 16.5. The van der Waals surface area contributed by atoms with Gasteiger partial charge in [0.1, 0.15) is 0 Å². The Morgan fingerprint density at radius 3 is 1.71 bits per heavy atom. The summed E-state index contributed by atoms with van der Waals surface area (Å²) in [7, 11) is 0. The van der Waals surface area contributed by atoms with E-state index in [0.717, 1.165) is 25.7 Å². The van der Waals surface area contributed by atoms with E-state index in [1.165, 1.54) is 39.5 Å².